The Labute approximate surface area is 137 Å². The SMILES string of the molecule is Cl.O=Cc1c([N+](=O)[O-])ccc(Cl)c1OCCCCCC(=O)O. The predicted molar refractivity (Wildman–Crippen MR) is 82.3 cm³/mol. The molecule has 0 heterocycles. The molecule has 7 nitrogen and oxygen atoms in total. The first-order valence-corrected chi connectivity index (χ1v) is 6.61. The van der Waals surface area contributed by atoms with Gasteiger partial charge in [0.15, 0.2) is 12.0 Å². The lowest BCUT2D eigenvalue weighted by atomic mass is 10.1. The number of carboxylic acids is 1. The number of aliphatic carboxylic acids is 1. The first kappa shape index (κ1) is 20.1. The molecule has 1 aromatic carbocycles. The van der Waals surface area contributed by atoms with Gasteiger partial charge in [0.1, 0.15) is 5.56 Å². The molecule has 1 rings (SSSR count). The van der Waals surface area contributed by atoms with Gasteiger partial charge in [0.05, 0.1) is 16.6 Å². The average Bonchev–Trinajstić information content (AvgIpc) is 2.42. The lowest BCUT2D eigenvalue weighted by molar-refractivity contribution is -0.385. The van der Waals surface area contributed by atoms with Gasteiger partial charge < -0.3 is 9.84 Å². The molecule has 0 aliphatic rings. The number of nitro groups is 1. The van der Waals surface area contributed by atoms with Crippen molar-refractivity contribution in [2.45, 2.75) is 25.7 Å². The van der Waals surface area contributed by atoms with E-state index in [-0.39, 0.29) is 47.5 Å². The van der Waals surface area contributed by atoms with Gasteiger partial charge in [-0.05, 0) is 25.3 Å². The second kappa shape index (κ2) is 9.97. The molecule has 0 saturated heterocycles. The normalized spacial score (nSPS) is 9.68. The Kier molecular flexibility index (Phi) is 9.12. The van der Waals surface area contributed by atoms with E-state index < -0.39 is 10.9 Å². The molecular weight excluding hydrogens is 337 g/mol. The van der Waals surface area contributed by atoms with Crippen LogP contribution in [0.4, 0.5) is 5.69 Å². The average molecular weight is 352 g/mol. The number of ether oxygens (including phenoxy) is 1. The fourth-order valence-electron chi connectivity index (χ4n) is 1.71. The van der Waals surface area contributed by atoms with E-state index in [4.69, 9.17) is 21.4 Å². The first-order chi connectivity index (χ1) is 9.97. The van der Waals surface area contributed by atoms with Crippen molar-refractivity contribution < 1.29 is 24.4 Å². The molecule has 22 heavy (non-hydrogen) atoms. The summed E-state index contributed by atoms with van der Waals surface area (Å²) in [6.07, 6.45) is 2.13. The number of hydrogen-bond acceptors (Lipinski definition) is 5. The maximum absolute atomic E-state index is 11.0. The molecular formula is C13H15Cl2NO6. The third-order valence-corrected chi connectivity index (χ3v) is 3.02. The monoisotopic (exact) mass is 351 g/mol. The lowest BCUT2D eigenvalue weighted by Crippen LogP contribution is -2.04. The molecule has 0 unspecified atom stereocenters. The molecule has 0 aliphatic heterocycles. The van der Waals surface area contributed by atoms with Crippen LogP contribution in [0.2, 0.25) is 5.02 Å². The minimum absolute atomic E-state index is 0. The zero-order valence-corrected chi connectivity index (χ0v) is 13.1. The highest BCUT2D eigenvalue weighted by molar-refractivity contribution is 6.32. The Morgan fingerprint density at radius 2 is 2.05 bits per heavy atom. The van der Waals surface area contributed by atoms with Gasteiger partial charge in [-0.3, -0.25) is 19.7 Å². The Balaban J connectivity index is 0.00000441. The van der Waals surface area contributed by atoms with Crippen molar-refractivity contribution in [1.29, 1.82) is 0 Å². The van der Waals surface area contributed by atoms with E-state index in [1.165, 1.54) is 6.07 Å². The summed E-state index contributed by atoms with van der Waals surface area (Å²) in [4.78, 5) is 31.5. The highest BCUT2D eigenvalue weighted by Crippen LogP contribution is 2.34. The van der Waals surface area contributed by atoms with Gasteiger partial charge in [0, 0.05) is 12.5 Å². The topological polar surface area (TPSA) is 107 Å². The number of carbonyl (C=O) groups excluding carboxylic acids is 1. The maximum Gasteiger partial charge on any atom is 0.303 e. The van der Waals surface area contributed by atoms with Crippen LogP contribution in [-0.4, -0.2) is 28.9 Å². The predicted octanol–water partition coefficient (Wildman–Crippen LogP) is 3.51. The molecule has 0 radical (unpaired) electrons. The van der Waals surface area contributed by atoms with Crippen LogP contribution in [-0.2, 0) is 4.79 Å². The summed E-state index contributed by atoms with van der Waals surface area (Å²) in [7, 11) is 0. The molecule has 122 valence electrons. The maximum atomic E-state index is 11.0. The van der Waals surface area contributed by atoms with Gasteiger partial charge in [-0.25, -0.2) is 0 Å². The number of unbranched alkanes of at least 4 members (excludes halogenated alkanes) is 2. The van der Waals surface area contributed by atoms with Gasteiger partial charge in [-0.15, -0.1) is 12.4 Å². The number of carboxylic acid groups (broad SMARTS) is 1. The Bertz CT molecular complexity index is 550. The van der Waals surface area contributed by atoms with Crippen LogP contribution in [0.3, 0.4) is 0 Å². The first-order valence-electron chi connectivity index (χ1n) is 6.24. The van der Waals surface area contributed by atoms with E-state index in [1.54, 1.807) is 0 Å². The van der Waals surface area contributed by atoms with E-state index >= 15 is 0 Å². The van der Waals surface area contributed by atoms with Crippen molar-refractivity contribution in [1.82, 2.24) is 0 Å². The Morgan fingerprint density at radius 1 is 1.36 bits per heavy atom. The fraction of sp³-hybridized carbons (Fsp3) is 0.385. The van der Waals surface area contributed by atoms with Crippen LogP contribution < -0.4 is 4.74 Å². The van der Waals surface area contributed by atoms with Gasteiger partial charge in [-0.1, -0.05) is 11.6 Å². The van der Waals surface area contributed by atoms with Crippen molar-refractivity contribution in [2.24, 2.45) is 0 Å². The summed E-state index contributed by atoms with van der Waals surface area (Å²) in [5.74, 6) is -0.875. The minimum atomic E-state index is -0.860. The van der Waals surface area contributed by atoms with Crippen molar-refractivity contribution in [3.63, 3.8) is 0 Å². The largest absolute Gasteiger partial charge is 0.491 e. The number of carbonyl (C=O) groups is 2. The molecule has 1 aromatic rings. The van der Waals surface area contributed by atoms with Gasteiger partial charge in [-0.2, -0.15) is 0 Å². The third kappa shape index (κ3) is 5.87. The smallest absolute Gasteiger partial charge is 0.303 e. The van der Waals surface area contributed by atoms with Crippen LogP contribution in [0, 0.1) is 10.1 Å². The molecule has 0 aromatic heterocycles. The van der Waals surface area contributed by atoms with Crippen LogP contribution in [0.5, 0.6) is 5.75 Å². The summed E-state index contributed by atoms with van der Waals surface area (Å²) in [5.41, 5.74) is -0.562. The van der Waals surface area contributed by atoms with Crippen LogP contribution in [0.1, 0.15) is 36.0 Å². The molecule has 0 bridgehead atoms. The zero-order chi connectivity index (χ0) is 15.8. The number of benzene rings is 1. The lowest BCUT2D eigenvalue weighted by Gasteiger charge is -2.10. The van der Waals surface area contributed by atoms with Gasteiger partial charge >= 0.3 is 5.97 Å². The highest BCUT2D eigenvalue weighted by Gasteiger charge is 2.21. The molecule has 0 atom stereocenters. The number of nitro benzene ring substituents is 1. The molecule has 0 saturated carbocycles. The van der Waals surface area contributed by atoms with E-state index in [0.717, 1.165) is 6.07 Å². The second-order valence-corrected chi connectivity index (χ2v) is 4.64. The molecule has 0 spiro atoms. The summed E-state index contributed by atoms with van der Waals surface area (Å²) in [6.45, 7) is 0.196. The molecule has 0 aliphatic carbocycles. The molecule has 0 amide bonds. The van der Waals surface area contributed by atoms with E-state index in [9.17, 15) is 19.7 Å². The Morgan fingerprint density at radius 3 is 2.59 bits per heavy atom. The number of aldehydes is 1. The van der Waals surface area contributed by atoms with Gasteiger partial charge in [0.25, 0.3) is 5.69 Å². The van der Waals surface area contributed by atoms with Crippen molar-refractivity contribution >= 4 is 42.0 Å². The fourth-order valence-corrected chi connectivity index (χ4v) is 1.93. The van der Waals surface area contributed by atoms with Crippen molar-refractivity contribution in [3.8, 4) is 5.75 Å². The van der Waals surface area contributed by atoms with Crippen LogP contribution >= 0.6 is 24.0 Å². The van der Waals surface area contributed by atoms with E-state index in [1.807, 2.05) is 0 Å². The third-order valence-electron chi connectivity index (χ3n) is 2.72. The molecule has 9 heteroatoms. The van der Waals surface area contributed by atoms with Crippen LogP contribution in [0.25, 0.3) is 0 Å². The van der Waals surface area contributed by atoms with Crippen molar-refractivity contribution in [2.75, 3.05) is 6.61 Å². The summed E-state index contributed by atoms with van der Waals surface area (Å²) in [6, 6.07) is 2.44. The standard InChI is InChI=1S/C13H14ClNO6.ClH/c14-10-5-6-11(15(19)20)9(8-16)13(10)21-7-3-1-2-4-12(17)18;/h5-6,8H,1-4,7H2,(H,17,18);1H. The number of rotatable bonds is 9. The number of halogens is 2. The quantitative estimate of drug-likeness (QED) is 0.315. The summed E-state index contributed by atoms with van der Waals surface area (Å²) >= 11 is 5.88. The minimum Gasteiger partial charge on any atom is -0.491 e. The number of hydrogen-bond donors (Lipinski definition) is 1. The number of nitrogens with zero attached hydrogens (tertiary/aromatic N) is 1. The molecule has 0 fully saturated rings. The summed E-state index contributed by atoms with van der Waals surface area (Å²) in [5, 5.41) is 19.4. The zero-order valence-electron chi connectivity index (χ0n) is 11.5. The van der Waals surface area contributed by atoms with Crippen molar-refractivity contribution in [3.05, 3.63) is 32.8 Å². The van der Waals surface area contributed by atoms with E-state index in [2.05, 4.69) is 0 Å². The van der Waals surface area contributed by atoms with Gasteiger partial charge in [0.2, 0.25) is 0 Å². The second-order valence-electron chi connectivity index (χ2n) is 4.24. The van der Waals surface area contributed by atoms with E-state index in [0.29, 0.717) is 25.5 Å². The van der Waals surface area contributed by atoms with Crippen LogP contribution in [0.15, 0.2) is 12.1 Å². The molecule has 1 N–H and O–H groups in total. The Hall–Kier alpha value is -1.86. The summed E-state index contributed by atoms with van der Waals surface area (Å²) < 4.78 is 5.34. The highest BCUT2D eigenvalue weighted by atomic mass is 35.5.